The molecule has 96 valence electrons. The highest BCUT2D eigenvalue weighted by atomic mass is 16.2. The van der Waals surface area contributed by atoms with Crippen molar-refractivity contribution in [1.29, 1.82) is 0 Å². The van der Waals surface area contributed by atoms with Gasteiger partial charge in [0.1, 0.15) is 0 Å². The van der Waals surface area contributed by atoms with Crippen LogP contribution in [0.1, 0.15) is 23.7 Å². The molecule has 1 heterocycles. The fourth-order valence-corrected chi connectivity index (χ4v) is 1.97. The first-order chi connectivity index (χ1) is 8.49. The maximum atomic E-state index is 11.4. The molecule has 1 amide bonds. The molecule has 4 nitrogen and oxygen atoms in total. The van der Waals surface area contributed by atoms with Crippen LogP contribution in [-0.2, 0) is 11.3 Å². The van der Waals surface area contributed by atoms with Gasteiger partial charge < -0.3 is 16.0 Å². The Morgan fingerprint density at radius 2 is 2.17 bits per heavy atom. The van der Waals surface area contributed by atoms with Crippen LogP contribution in [0.4, 0.5) is 0 Å². The number of nitrogens with one attached hydrogen (secondary N) is 2. The second-order valence-electron chi connectivity index (χ2n) is 4.76. The smallest absolute Gasteiger partial charge is 0.236 e. The third-order valence-corrected chi connectivity index (χ3v) is 3.25. The average Bonchev–Trinajstić information content (AvgIpc) is 2.62. The predicted octanol–water partition coefficient (Wildman–Crippen LogP) is 1.75. The summed E-state index contributed by atoms with van der Waals surface area (Å²) in [6.45, 7) is 6.35. The number of aromatic nitrogens is 1. The van der Waals surface area contributed by atoms with Crippen molar-refractivity contribution in [3.05, 3.63) is 35.0 Å². The third kappa shape index (κ3) is 2.38. The molecule has 2 rings (SSSR count). The Hall–Kier alpha value is -1.81. The Balaban J connectivity index is 2.20. The largest absolute Gasteiger partial charge is 0.358 e. The van der Waals surface area contributed by atoms with E-state index in [2.05, 4.69) is 30.2 Å². The number of aromatic amines is 1. The summed E-state index contributed by atoms with van der Waals surface area (Å²) in [6, 6.07) is 5.70. The Bertz CT molecular complexity index is 584. The van der Waals surface area contributed by atoms with Crippen molar-refractivity contribution in [1.82, 2.24) is 10.3 Å². The summed E-state index contributed by atoms with van der Waals surface area (Å²) in [4.78, 5) is 14.7. The van der Waals surface area contributed by atoms with Crippen LogP contribution in [-0.4, -0.2) is 16.9 Å². The van der Waals surface area contributed by atoms with E-state index in [0.29, 0.717) is 6.54 Å². The Morgan fingerprint density at radius 1 is 1.44 bits per heavy atom. The van der Waals surface area contributed by atoms with Crippen molar-refractivity contribution in [2.24, 2.45) is 5.73 Å². The Morgan fingerprint density at radius 3 is 2.83 bits per heavy atom. The molecule has 18 heavy (non-hydrogen) atoms. The molecule has 4 heteroatoms. The first-order valence-corrected chi connectivity index (χ1v) is 6.10. The van der Waals surface area contributed by atoms with Gasteiger partial charge >= 0.3 is 0 Å². The lowest BCUT2D eigenvalue weighted by molar-refractivity contribution is -0.122. The number of carbonyl (C=O) groups is 1. The number of hydrogen-bond acceptors (Lipinski definition) is 2. The average molecular weight is 245 g/mol. The van der Waals surface area contributed by atoms with Crippen molar-refractivity contribution in [2.45, 2.75) is 33.4 Å². The second-order valence-corrected chi connectivity index (χ2v) is 4.76. The first kappa shape index (κ1) is 12.6. The summed E-state index contributed by atoms with van der Waals surface area (Å²) in [7, 11) is 0. The summed E-state index contributed by atoms with van der Waals surface area (Å²) < 4.78 is 0. The third-order valence-electron chi connectivity index (χ3n) is 3.25. The number of aryl methyl sites for hydroxylation is 2. The molecule has 0 radical (unpaired) electrons. The number of benzene rings is 1. The number of amides is 1. The molecule has 0 bridgehead atoms. The summed E-state index contributed by atoms with van der Waals surface area (Å²) in [5.74, 6) is -0.128. The molecule has 0 spiro atoms. The molecule has 1 aromatic heterocycles. The predicted molar refractivity (Wildman–Crippen MR) is 73.3 cm³/mol. The summed E-state index contributed by atoms with van der Waals surface area (Å²) in [5, 5.41) is 4.02. The van der Waals surface area contributed by atoms with Crippen molar-refractivity contribution < 1.29 is 4.79 Å². The SMILES string of the molecule is Cc1[nH]c2ccc(CNC(=O)[C@H](C)N)cc2c1C. The summed E-state index contributed by atoms with van der Waals surface area (Å²) in [6.07, 6.45) is 0. The van der Waals surface area contributed by atoms with Gasteiger partial charge in [0, 0.05) is 23.1 Å². The van der Waals surface area contributed by atoms with Gasteiger partial charge in [-0.1, -0.05) is 6.07 Å². The van der Waals surface area contributed by atoms with Crippen LogP contribution in [0.3, 0.4) is 0 Å². The molecule has 4 N–H and O–H groups in total. The second kappa shape index (κ2) is 4.82. The lowest BCUT2D eigenvalue weighted by atomic mass is 10.1. The minimum atomic E-state index is -0.468. The van der Waals surface area contributed by atoms with Crippen molar-refractivity contribution in [2.75, 3.05) is 0 Å². The molecule has 0 aliphatic carbocycles. The lowest BCUT2D eigenvalue weighted by Gasteiger charge is -2.07. The number of carbonyl (C=O) groups excluding carboxylic acids is 1. The van der Waals surface area contributed by atoms with Crippen LogP contribution in [0.5, 0.6) is 0 Å². The molecule has 0 aliphatic rings. The van der Waals surface area contributed by atoms with E-state index in [1.165, 1.54) is 16.6 Å². The van der Waals surface area contributed by atoms with E-state index >= 15 is 0 Å². The molecule has 0 fully saturated rings. The van der Waals surface area contributed by atoms with Gasteiger partial charge in [0.2, 0.25) is 5.91 Å². The molecule has 0 aliphatic heterocycles. The van der Waals surface area contributed by atoms with Gasteiger partial charge in [-0.15, -0.1) is 0 Å². The fraction of sp³-hybridized carbons (Fsp3) is 0.357. The van der Waals surface area contributed by atoms with E-state index in [1.54, 1.807) is 6.92 Å². The Labute approximate surface area is 107 Å². The van der Waals surface area contributed by atoms with Gasteiger partial charge in [0.05, 0.1) is 6.04 Å². The van der Waals surface area contributed by atoms with Crippen LogP contribution in [0.15, 0.2) is 18.2 Å². The molecule has 2 aromatic rings. The molecular weight excluding hydrogens is 226 g/mol. The van der Waals surface area contributed by atoms with E-state index < -0.39 is 6.04 Å². The van der Waals surface area contributed by atoms with Gasteiger partial charge in [-0.05, 0) is 44.0 Å². The number of fused-ring (bicyclic) bond motifs is 1. The molecule has 1 aromatic carbocycles. The monoisotopic (exact) mass is 245 g/mol. The number of hydrogen-bond donors (Lipinski definition) is 3. The zero-order valence-electron chi connectivity index (χ0n) is 11.0. The highest BCUT2D eigenvalue weighted by molar-refractivity contribution is 5.85. The van der Waals surface area contributed by atoms with Gasteiger partial charge in [-0.3, -0.25) is 4.79 Å². The van der Waals surface area contributed by atoms with E-state index in [4.69, 9.17) is 5.73 Å². The van der Waals surface area contributed by atoms with E-state index in [9.17, 15) is 4.79 Å². The van der Waals surface area contributed by atoms with Crippen molar-refractivity contribution >= 4 is 16.8 Å². The molecular formula is C14H19N3O. The van der Waals surface area contributed by atoms with E-state index in [1.807, 2.05) is 12.1 Å². The van der Waals surface area contributed by atoms with Gasteiger partial charge in [0.25, 0.3) is 0 Å². The van der Waals surface area contributed by atoms with Crippen LogP contribution < -0.4 is 11.1 Å². The number of rotatable bonds is 3. The fourth-order valence-electron chi connectivity index (χ4n) is 1.97. The van der Waals surface area contributed by atoms with E-state index in [0.717, 1.165) is 11.1 Å². The topological polar surface area (TPSA) is 70.9 Å². The Kier molecular flexibility index (Phi) is 3.39. The standard InChI is InChI=1S/C14H19N3O/c1-8-10(3)17-13-5-4-11(6-12(8)13)7-16-14(18)9(2)15/h4-6,9,17H,7,15H2,1-3H3,(H,16,18)/t9-/m0/s1. The highest BCUT2D eigenvalue weighted by Crippen LogP contribution is 2.22. The minimum Gasteiger partial charge on any atom is -0.358 e. The lowest BCUT2D eigenvalue weighted by Crippen LogP contribution is -2.37. The normalized spacial score (nSPS) is 12.7. The quantitative estimate of drug-likeness (QED) is 0.771. The summed E-state index contributed by atoms with van der Waals surface area (Å²) >= 11 is 0. The number of H-pyrrole nitrogens is 1. The summed E-state index contributed by atoms with van der Waals surface area (Å²) in [5.41, 5.74) is 10.2. The van der Waals surface area contributed by atoms with Crippen LogP contribution >= 0.6 is 0 Å². The minimum absolute atomic E-state index is 0.128. The van der Waals surface area contributed by atoms with Gasteiger partial charge in [-0.25, -0.2) is 0 Å². The zero-order chi connectivity index (χ0) is 13.3. The van der Waals surface area contributed by atoms with Crippen LogP contribution in [0.25, 0.3) is 10.9 Å². The van der Waals surface area contributed by atoms with Gasteiger partial charge in [-0.2, -0.15) is 0 Å². The zero-order valence-corrected chi connectivity index (χ0v) is 11.0. The molecule has 0 unspecified atom stereocenters. The highest BCUT2D eigenvalue weighted by Gasteiger charge is 2.08. The maximum Gasteiger partial charge on any atom is 0.236 e. The van der Waals surface area contributed by atoms with Gasteiger partial charge in [0.15, 0.2) is 0 Å². The van der Waals surface area contributed by atoms with Crippen LogP contribution in [0.2, 0.25) is 0 Å². The first-order valence-electron chi connectivity index (χ1n) is 6.10. The molecule has 0 saturated carbocycles. The van der Waals surface area contributed by atoms with Crippen molar-refractivity contribution in [3.8, 4) is 0 Å². The molecule has 1 atom stereocenters. The maximum absolute atomic E-state index is 11.4. The van der Waals surface area contributed by atoms with E-state index in [-0.39, 0.29) is 5.91 Å². The van der Waals surface area contributed by atoms with Crippen molar-refractivity contribution in [3.63, 3.8) is 0 Å². The number of nitrogens with two attached hydrogens (primary N) is 1. The van der Waals surface area contributed by atoms with Crippen LogP contribution in [0, 0.1) is 13.8 Å². The molecule has 0 saturated heterocycles.